The molecule has 0 aliphatic heterocycles. The Hall–Kier alpha value is -1.07. The highest BCUT2D eigenvalue weighted by Crippen LogP contribution is 2.30. The van der Waals surface area contributed by atoms with Crippen molar-refractivity contribution in [3.8, 4) is 0 Å². The van der Waals surface area contributed by atoms with Crippen LogP contribution in [-0.4, -0.2) is 23.9 Å². The highest BCUT2D eigenvalue weighted by Gasteiger charge is 2.31. The van der Waals surface area contributed by atoms with E-state index in [0.717, 1.165) is 12.1 Å². The predicted molar refractivity (Wildman–Crippen MR) is 71.4 cm³/mol. The van der Waals surface area contributed by atoms with Crippen molar-refractivity contribution < 1.29 is 23.0 Å². The Morgan fingerprint density at radius 2 is 1.90 bits per heavy atom. The van der Waals surface area contributed by atoms with Crippen molar-refractivity contribution >= 4 is 0 Å². The van der Waals surface area contributed by atoms with Gasteiger partial charge in [0.15, 0.2) is 0 Å². The zero-order valence-corrected chi connectivity index (χ0v) is 11.9. The average Bonchev–Trinajstić information content (AvgIpc) is 2.34. The number of ether oxygens (including phenoxy) is 1. The molecule has 0 aliphatic carbocycles. The highest BCUT2D eigenvalue weighted by molar-refractivity contribution is 5.26. The van der Waals surface area contributed by atoms with Gasteiger partial charge >= 0.3 is 6.18 Å². The van der Waals surface area contributed by atoms with Crippen LogP contribution < -0.4 is 0 Å². The third-order valence-electron chi connectivity index (χ3n) is 3.09. The van der Waals surface area contributed by atoms with Crippen LogP contribution in [0.3, 0.4) is 0 Å². The molecule has 0 spiro atoms. The first-order valence-corrected chi connectivity index (χ1v) is 6.71. The molecule has 0 aromatic heterocycles. The van der Waals surface area contributed by atoms with Gasteiger partial charge in [-0.05, 0) is 24.5 Å². The summed E-state index contributed by atoms with van der Waals surface area (Å²) in [6.07, 6.45) is -5.42. The maximum Gasteiger partial charge on any atom is 0.416 e. The van der Waals surface area contributed by atoms with Crippen LogP contribution in [0, 0.1) is 5.92 Å². The Morgan fingerprint density at radius 3 is 2.40 bits per heavy atom. The van der Waals surface area contributed by atoms with Crippen LogP contribution in [0.4, 0.5) is 13.2 Å². The van der Waals surface area contributed by atoms with Crippen LogP contribution in [0.5, 0.6) is 0 Å². The number of aliphatic hydroxyl groups is 1. The molecular formula is C15H21F3O2. The molecule has 0 fully saturated rings. The van der Waals surface area contributed by atoms with Crippen LogP contribution in [0.25, 0.3) is 0 Å². The van der Waals surface area contributed by atoms with E-state index in [1.165, 1.54) is 6.07 Å². The van der Waals surface area contributed by atoms with Crippen molar-refractivity contribution in [2.24, 2.45) is 5.92 Å². The highest BCUT2D eigenvalue weighted by atomic mass is 19.4. The van der Waals surface area contributed by atoms with Crippen LogP contribution in [0.15, 0.2) is 24.3 Å². The average molecular weight is 290 g/mol. The van der Waals surface area contributed by atoms with Gasteiger partial charge in [-0.15, -0.1) is 0 Å². The van der Waals surface area contributed by atoms with Gasteiger partial charge < -0.3 is 9.84 Å². The Labute approximate surface area is 117 Å². The molecular weight excluding hydrogens is 269 g/mol. The molecule has 20 heavy (non-hydrogen) atoms. The van der Waals surface area contributed by atoms with Crippen LogP contribution in [0.1, 0.15) is 31.9 Å². The molecule has 2 nitrogen and oxygen atoms in total. The molecule has 1 aromatic rings. The summed E-state index contributed by atoms with van der Waals surface area (Å²) < 4.78 is 43.3. The standard InChI is InChI=1S/C15H21F3O2/c1-4-20-14(10(2)3)13(19)9-11-6-5-7-12(8-11)15(16,17)18/h5-8,10,13-14,19H,4,9H2,1-3H3. The normalized spacial score (nSPS) is 15.4. The summed E-state index contributed by atoms with van der Waals surface area (Å²) in [6, 6.07) is 5.04. The van der Waals surface area contributed by atoms with Crippen molar-refractivity contribution in [3.05, 3.63) is 35.4 Å². The molecule has 0 saturated carbocycles. The fraction of sp³-hybridized carbons (Fsp3) is 0.600. The molecule has 0 aliphatic rings. The van der Waals surface area contributed by atoms with E-state index in [1.807, 2.05) is 20.8 Å². The van der Waals surface area contributed by atoms with E-state index in [9.17, 15) is 18.3 Å². The fourth-order valence-corrected chi connectivity index (χ4v) is 2.17. The molecule has 0 heterocycles. The van der Waals surface area contributed by atoms with Gasteiger partial charge in [-0.25, -0.2) is 0 Å². The minimum atomic E-state index is -4.36. The number of rotatable bonds is 6. The number of alkyl halides is 3. The Kier molecular flexibility index (Phi) is 6.02. The number of hydrogen-bond donors (Lipinski definition) is 1. The molecule has 2 atom stereocenters. The maximum absolute atomic E-state index is 12.6. The summed E-state index contributed by atoms with van der Waals surface area (Å²) in [5.41, 5.74) is -0.239. The zero-order chi connectivity index (χ0) is 15.3. The SMILES string of the molecule is CCOC(C(C)C)C(O)Cc1cccc(C(F)(F)F)c1. The molecule has 0 amide bonds. The Morgan fingerprint density at radius 1 is 1.25 bits per heavy atom. The van der Waals surface area contributed by atoms with Gasteiger partial charge in [-0.1, -0.05) is 32.0 Å². The van der Waals surface area contributed by atoms with E-state index in [1.54, 1.807) is 6.07 Å². The number of hydrogen-bond acceptors (Lipinski definition) is 2. The van der Waals surface area contributed by atoms with Crippen molar-refractivity contribution in [1.82, 2.24) is 0 Å². The maximum atomic E-state index is 12.6. The minimum Gasteiger partial charge on any atom is -0.390 e. The molecule has 0 bridgehead atoms. The second kappa shape index (κ2) is 7.09. The molecule has 1 aromatic carbocycles. The van der Waals surface area contributed by atoms with Crippen LogP contribution >= 0.6 is 0 Å². The predicted octanol–water partition coefficient (Wildman–Crippen LogP) is 3.67. The molecule has 0 saturated heterocycles. The summed E-state index contributed by atoms with van der Waals surface area (Å²) in [5.74, 6) is 0.0933. The van der Waals surface area contributed by atoms with Crippen molar-refractivity contribution in [2.75, 3.05) is 6.61 Å². The molecule has 5 heteroatoms. The van der Waals surface area contributed by atoms with E-state index in [-0.39, 0.29) is 18.4 Å². The first-order chi connectivity index (χ1) is 9.25. The second-order valence-corrected chi connectivity index (χ2v) is 5.13. The number of benzene rings is 1. The monoisotopic (exact) mass is 290 g/mol. The van der Waals surface area contributed by atoms with E-state index in [0.29, 0.717) is 12.2 Å². The summed E-state index contributed by atoms with van der Waals surface area (Å²) in [6.45, 7) is 6.11. The van der Waals surface area contributed by atoms with Gasteiger partial charge in [0.2, 0.25) is 0 Å². The van der Waals surface area contributed by atoms with Gasteiger partial charge in [-0.3, -0.25) is 0 Å². The van der Waals surface area contributed by atoms with Crippen molar-refractivity contribution in [3.63, 3.8) is 0 Å². The third kappa shape index (κ3) is 4.80. The molecule has 0 radical (unpaired) electrons. The summed E-state index contributed by atoms with van der Waals surface area (Å²) in [4.78, 5) is 0. The quantitative estimate of drug-likeness (QED) is 0.866. The van der Waals surface area contributed by atoms with E-state index in [2.05, 4.69) is 0 Å². The Bertz CT molecular complexity index is 416. The lowest BCUT2D eigenvalue weighted by Gasteiger charge is -2.26. The molecule has 1 N–H and O–H groups in total. The van der Waals surface area contributed by atoms with Crippen molar-refractivity contribution in [2.45, 2.75) is 45.6 Å². The van der Waals surface area contributed by atoms with Crippen LogP contribution in [0.2, 0.25) is 0 Å². The molecule has 1 rings (SSSR count). The fourth-order valence-electron chi connectivity index (χ4n) is 2.17. The largest absolute Gasteiger partial charge is 0.416 e. The first-order valence-electron chi connectivity index (χ1n) is 6.71. The van der Waals surface area contributed by atoms with Gasteiger partial charge in [0.05, 0.1) is 17.8 Å². The summed E-state index contributed by atoms with van der Waals surface area (Å²) in [7, 11) is 0. The number of halogens is 3. The van der Waals surface area contributed by atoms with Gasteiger partial charge in [0.25, 0.3) is 0 Å². The topological polar surface area (TPSA) is 29.5 Å². The van der Waals surface area contributed by atoms with Crippen LogP contribution in [-0.2, 0) is 17.3 Å². The lowest BCUT2D eigenvalue weighted by molar-refractivity contribution is -0.137. The van der Waals surface area contributed by atoms with E-state index < -0.39 is 17.8 Å². The van der Waals surface area contributed by atoms with E-state index in [4.69, 9.17) is 4.74 Å². The lowest BCUT2D eigenvalue weighted by Crippen LogP contribution is -2.35. The Balaban J connectivity index is 2.82. The van der Waals surface area contributed by atoms with E-state index >= 15 is 0 Å². The first kappa shape index (κ1) is 17.0. The lowest BCUT2D eigenvalue weighted by atomic mass is 9.95. The zero-order valence-electron chi connectivity index (χ0n) is 11.9. The second-order valence-electron chi connectivity index (χ2n) is 5.13. The molecule has 114 valence electrons. The van der Waals surface area contributed by atoms with Gasteiger partial charge in [0, 0.05) is 13.0 Å². The minimum absolute atomic E-state index is 0.0933. The van der Waals surface area contributed by atoms with Crippen molar-refractivity contribution in [1.29, 1.82) is 0 Å². The smallest absolute Gasteiger partial charge is 0.390 e. The van der Waals surface area contributed by atoms with Gasteiger partial charge in [-0.2, -0.15) is 13.2 Å². The number of aliphatic hydroxyl groups excluding tert-OH is 1. The third-order valence-corrected chi connectivity index (χ3v) is 3.09. The molecule has 2 unspecified atom stereocenters. The van der Waals surface area contributed by atoms with Gasteiger partial charge in [0.1, 0.15) is 0 Å². The summed E-state index contributed by atoms with van der Waals surface area (Å²) >= 11 is 0. The summed E-state index contributed by atoms with van der Waals surface area (Å²) in [5, 5.41) is 10.2.